The summed E-state index contributed by atoms with van der Waals surface area (Å²) in [6.07, 6.45) is -7.13. The van der Waals surface area contributed by atoms with Crippen LogP contribution in [0.4, 0.5) is 26.3 Å². The second kappa shape index (κ2) is 9.70. The Kier molecular flexibility index (Phi) is 7.13. The molecule has 0 bridgehead atoms. The molecule has 0 spiro atoms. The van der Waals surface area contributed by atoms with Gasteiger partial charge in [0, 0.05) is 6.04 Å². The van der Waals surface area contributed by atoms with Gasteiger partial charge in [0.1, 0.15) is 0 Å². The molecule has 1 heterocycles. The highest BCUT2D eigenvalue weighted by atomic mass is 32.2. The monoisotopic (exact) mass is 534 g/mol. The van der Waals surface area contributed by atoms with Crippen molar-refractivity contribution >= 4 is 15.7 Å². The summed E-state index contributed by atoms with van der Waals surface area (Å²) in [7, 11) is -3.48. The number of carbonyl (C=O) groups is 1. The average molecular weight is 535 g/mol. The quantitative estimate of drug-likeness (QED) is 0.483. The third-order valence-electron chi connectivity index (χ3n) is 6.43. The summed E-state index contributed by atoms with van der Waals surface area (Å²) >= 11 is 0. The van der Waals surface area contributed by atoms with E-state index in [-0.39, 0.29) is 28.7 Å². The minimum atomic E-state index is -5.19. The summed E-state index contributed by atoms with van der Waals surface area (Å²) in [5, 5.41) is 5.69. The summed E-state index contributed by atoms with van der Waals surface area (Å²) in [5.74, 6) is -0.985. The van der Waals surface area contributed by atoms with E-state index in [9.17, 15) is 39.6 Å². The number of amides is 1. The van der Waals surface area contributed by atoms with Gasteiger partial charge in [-0.1, -0.05) is 12.1 Å². The minimum absolute atomic E-state index is 0.0465. The Morgan fingerprint density at radius 2 is 1.64 bits per heavy atom. The van der Waals surface area contributed by atoms with Crippen LogP contribution >= 0.6 is 0 Å². The van der Waals surface area contributed by atoms with Crippen molar-refractivity contribution in [2.75, 3.05) is 12.3 Å². The number of alkyl halides is 6. The largest absolute Gasteiger partial charge is 0.417 e. The zero-order valence-corrected chi connectivity index (χ0v) is 19.7. The van der Waals surface area contributed by atoms with Crippen LogP contribution in [0.2, 0.25) is 0 Å². The molecule has 2 aliphatic rings. The molecule has 4 rings (SSSR count). The molecular weight excluding hydrogens is 510 g/mol. The van der Waals surface area contributed by atoms with E-state index in [1.807, 2.05) is 0 Å². The zero-order valence-electron chi connectivity index (χ0n) is 18.9. The van der Waals surface area contributed by atoms with Crippen LogP contribution in [0, 0.1) is 5.92 Å². The summed E-state index contributed by atoms with van der Waals surface area (Å²) in [4.78, 5) is 13.1. The van der Waals surface area contributed by atoms with Gasteiger partial charge >= 0.3 is 12.4 Å². The lowest BCUT2D eigenvalue weighted by Gasteiger charge is -2.26. The predicted molar refractivity (Wildman–Crippen MR) is 119 cm³/mol. The van der Waals surface area contributed by atoms with Crippen molar-refractivity contribution < 1.29 is 39.6 Å². The fourth-order valence-electron chi connectivity index (χ4n) is 4.36. The molecular formula is C24H24F6N2O3S. The molecule has 1 amide bonds. The van der Waals surface area contributed by atoms with Crippen LogP contribution in [0.15, 0.2) is 47.4 Å². The lowest BCUT2D eigenvalue weighted by Crippen LogP contribution is -2.41. The lowest BCUT2D eigenvalue weighted by molar-refractivity contribution is -0.143. The Hall–Kier alpha value is -2.60. The number of hydrogen-bond acceptors (Lipinski definition) is 4. The van der Waals surface area contributed by atoms with E-state index in [0.717, 1.165) is 19.3 Å². The van der Waals surface area contributed by atoms with Crippen LogP contribution in [-0.4, -0.2) is 32.7 Å². The number of carbonyl (C=O) groups excluding carboxylic acids is 1. The van der Waals surface area contributed by atoms with Crippen molar-refractivity contribution in [1.82, 2.24) is 10.6 Å². The standard InChI is InChI=1S/C24H24F6N2O3S/c25-23(26,27)16-7-10-18(19(12-16)24(28,29)30)22(33)32-21(20-2-1-11-31-20)15-5-8-17(9-6-15)36(34,35)13-14-3-4-14/h5-10,12,14,20-21,31H,1-4,11,13H2,(H,32,33)/t20-,21?/m1/s1. The maximum atomic E-state index is 13.6. The highest BCUT2D eigenvalue weighted by molar-refractivity contribution is 7.91. The molecule has 1 saturated heterocycles. The highest BCUT2D eigenvalue weighted by Gasteiger charge is 2.40. The average Bonchev–Trinajstić information content (AvgIpc) is 3.43. The summed E-state index contributed by atoms with van der Waals surface area (Å²) < 4.78 is 105. The third-order valence-corrected chi connectivity index (χ3v) is 8.34. The molecule has 2 aromatic rings. The van der Waals surface area contributed by atoms with Crippen molar-refractivity contribution in [3.63, 3.8) is 0 Å². The highest BCUT2D eigenvalue weighted by Crippen LogP contribution is 2.38. The molecule has 1 aliphatic heterocycles. The van der Waals surface area contributed by atoms with E-state index in [0.29, 0.717) is 30.7 Å². The van der Waals surface area contributed by atoms with Gasteiger partial charge in [-0.05, 0) is 74.0 Å². The molecule has 2 aromatic carbocycles. The topological polar surface area (TPSA) is 75.3 Å². The number of sulfone groups is 1. The number of halogens is 6. The van der Waals surface area contributed by atoms with Crippen molar-refractivity contribution in [3.05, 3.63) is 64.7 Å². The van der Waals surface area contributed by atoms with Crippen LogP contribution in [0.5, 0.6) is 0 Å². The third kappa shape index (κ3) is 6.03. The fraction of sp³-hybridized carbons (Fsp3) is 0.458. The van der Waals surface area contributed by atoms with Gasteiger partial charge in [0.05, 0.1) is 33.4 Å². The molecule has 0 radical (unpaired) electrons. The van der Waals surface area contributed by atoms with Gasteiger partial charge in [-0.25, -0.2) is 8.42 Å². The van der Waals surface area contributed by atoms with Crippen molar-refractivity contribution in [1.29, 1.82) is 0 Å². The Bertz CT molecular complexity index is 1220. The van der Waals surface area contributed by atoms with Crippen molar-refractivity contribution in [2.45, 2.75) is 55.0 Å². The molecule has 12 heteroatoms. The molecule has 5 nitrogen and oxygen atoms in total. The molecule has 1 saturated carbocycles. The molecule has 1 unspecified atom stereocenters. The summed E-state index contributed by atoms with van der Waals surface area (Å²) in [6.45, 7) is 0.610. The van der Waals surface area contributed by atoms with Gasteiger partial charge in [0.25, 0.3) is 5.91 Å². The van der Waals surface area contributed by atoms with Gasteiger partial charge in [-0.15, -0.1) is 0 Å². The second-order valence-corrected chi connectivity index (χ2v) is 11.2. The molecule has 2 N–H and O–H groups in total. The number of benzene rings is 2. The number of hydrogen-bond donors (Lipinski definition) is 2. The first-order chi connectivity index (χ1) is 16.8. The first-order valence-electron chi connectivity index (χ1n) is 11.4. The molecule has 2 atom stereocenters. The Morgan fingerprint density at radius 1 is 0.972 bits per heavy atom. The van der Waals surface area contributed by atoms with Gasteiger partial charge in [0.2, 0.25) is 0 Å². The molecule has 0 aromatic heterocycles. The van der Waals surface area contributed by atoms with E-state index in [2.05, 4.69) is 10.6 Å². The van der Waals surface area contributed by atoms with E-state index < -0.39 is 50.8 Å². The Labute approximate surface area is 204 Å². The molecule has 2 fully saturated rings. The molecule has 36 heavy (non-hydrogen) atoms. The summed E-state index contributed by atoms with van der Waals surface area (Å²) in [5.41, 5.74) is -3.66. The lowest BCUT2D eigenvalue weighted by atomic mass is 9.96. The first-order valence-corrected chi connectivity index (χ1v) is 13.1. The van der Waals surface area contributed by atoms with Gasteiger partial charge < -0.3 is 10.6 Å². The zero-order chi connectivity index (χ0) is 26.3. The fourth-order valence-corrected chi connectivity index (χ4v) is 6.06. The number of rotatable bonds is 7. The second-order valence-electron chi connectivity index (χ2n) is 9.20. The van der Waals surface area contributed by atoms with Crippen LogP contribution < -0.4 is 10.6 Å². The predicted octanol–water partition coefficient (Wildman–Crippen LogP) is 5.13. The van der Waals surface area contributed by atoms with Crippen LogP contribution in [-0.2, 0) is 22.2 Å². The molecule has 196 valence electrons. The Balaban J connectivity index is 1.63. The van der Waals surface area contributed by atoms with Gasteiger partial charge in [-0.3, -0.25) is 4.79 Å². The van der Waals surface area contributed by atoms with Gasteiger partial charge in [-0.2, -0.15) is 26.3 Å². The SMILES string of the molecule is O=C(NC(c1ccc(S(=O)(=O)CC2CC2)cc1)[C@H]1CCCN1)c1ccc(C(F)(F)F)cc1C(F)(F)F. The molecule has 1 aliphatic carbocycles. The normalized spacial score (nSPS) is 19.8. The summed E-state index contributed by atoms with van der Waals surface area (Å²) in [6, 6.07) is 5.51. The first kappa shape index (κ1) is 26.5. The number of nitrogens with one attached hydrogen (secondary N) is 2. The maximum Gasteiger partial charge on any atom is 0.417 e. The van der Waals surface area contributed by atoms with Crippen molar-refractivity contribution in [2.24, 2.45) is 5.92 Å². The smallest absolute Gasteiger partial charge is 0.344 e. The van der Waals surface area contributed by atoms with Gasteiger partial charge in [0.15, 0.2) is 9.84 Å². The van der Waals surface area contributed by atoms with Crippen LogP contribution in [0.25, 0.3) is 0 Å². The van der Waals surface area contributed by atoms with E-state index in [4.69, 9.17) is 0 Å². The van der Waals surface area contributed by atoms with Crippen molar-refractivity contribution in [3.8, 4) is 0 Å². The van der Waals surface area contributed by atoms with E-state index >= 15 is 0 Å². The van der Waals surface area contributed by atoms with Crippen LogP contribution in [0.1, 0.15) is 58.8 Å². The van der Waals surface area contributed by atoms with E-state index in [1.165, 1.54) is 24.3 Å². The van der Waals surface area contributed by atoms with E-state index in [1.54, 1.807) is 0 Å². The Morgan fingerprint density at radius 3 is 2.17 bits per heavy atom. The van der Waals surface area contributed by atoms with Crippen LogP contribution in [0.3, 0.4) is 0 Å². The minimum Gasteiger partial charge on any atom is -0.344 e. The maximum absolute atomic E-state index is 13.6.